The third-order valence-electron chi connectivity index (χ3n) is 4.52. The van der Waals surface area contributed by atoms with Gasteiger partial charge in [-0.25, -0.2) is 14.4 Å². The quantitative estimate of drug-likeness (QED) is 0.206. The zero-order chi connectivity index (χ0) is 22.1. The Bertz CT molecular complexity index is 639. The van der Waals surface area contributed by atoms with Crippen LogP contribution in [0.25, 0.3) is 0 Å². The molecule has 0 aromatic carbocycles. The van der Waals surface area contributed by atoms with Gasteiger partial charge >= 0.3 is 23.7 Å². The highest BCUT2D eigenvalue weighted by molar-refractivity contribution is 5.83. The number of esters is 3. The van der Waals surface area contributed by atoms with Crippen LogP contribution in [0.4, 0.5) is 0 Å². The lowest BCUT2D eigenvalue weighted by molar-refractivity contribution is -0.364. The molecule has 0 radical (unpaired) electrons. The van der Waals surface area contributed by atoms with E-state index in [4.69, 9.17) is 14.2 Å². The number of ether oxygens (including phenoxy) is 6. The second-order valence-electron chi connectivity index (χ2n) is 6.19. The number of aliphatic hydroxyl groups is 5. The van der Waals surface area contributed by atoms with Gasteiger partial charge in [-0.15, -0.1) is 0 Å². The summed E-state index contributed by atoms with van der Waals surface area (Å²) in [5, 5.41) is 50.4. The topological polar surface area (TPSA) is 208 Å². The van der Waals surface area contributed by atoms with Crippen molar-refractivity contribution in [3.8, 4) is 0 Å². The van der Waals surface area contributed by atoms with E-state index in [-0.39, 0.29) is 0 Å². The van der Waals surface area contributed by atoms with Crippen LogP contribution >= 0.6 is 0 Å². The van der Waals surface area contributed by atoms with Crippen molar-refractivity contribution in [2.24, 2.45) is 0 Å². The van der Waals surface area contributed by atoms with E-state index < -0.39 is 72.7 Å². The van der Waals surface area contributed by atoms with E-state index in [1.165, 1.54) is 0 Å². The first-order valence-corrected chi connectivity index (χ1v) is 8.21. The van der Waals surface area contributed by atoms with E-state index in [2.05, 4.69) is 14.2 Å². The molecule has 0 bridgehead atoms. The summed E-state index contributed by atoms with van der Waals surface area (Å²) in [5.74, 6) is -6.67. The lowest BCUT2D eigenvalue weighted by Crippen LogP contribution is -2.64. The maximum absolute atomic E-state index is 12.3. The summed E-state index contributed by atoms with van der Waals surface area (Å²) >= 11 is 0. The summed E-state index contributed by atoms with van der Waals surface area (Å²) in [6.07, 6.45) is -16.1. The van der Waals surface area contributed by atoms with Gasteiger partial charge < -0.3 is 54.0 Å². The van der Waals surface area contributed by atoms with Crippen molar-refractivity contribution in [2.45, 2.75) is 54.8 Å². The first-order valence-electron chi connectivity index (χ1n) is 8.21. The number of carbonyl (C=O) groups is 3. The molecule has 2 heterocycles. The summed E-state index contributed by atoms with van der Waals surface area (Å²) in [4.78, 5) is 35.8. The summed E-state index contributed by atoms with van der Waals surface area (Å²) in [7, 11) is 2.79. The Balaban J connectivity index is 2.38. The largest absolute Gasteiger partial charge is 0.467 e. The van der Waals surface area contributed by atoms with Gasteiger partial charge in [-0.05, 0) is 0 Å². The van der Waals surface area contributed by atoms with E-state index in [1.54, 1.807) is 0 Å². The molecule has 14 heteroatoms. The van der Waals surface area contributed by atoms with E-state index in [1.807, 2.05) is 0 Å². The highest BCUT2D eigenvalue weighted by atomic mass is 16.8. The van der Waals surface area contributed by atoms with Crippen LogP contribution in [0.5, 0.6) is 0 Å². The highest BCUT2D eigenvalue weighted by Gasteiger charge is 2.66. The summed E-state index contributed by atoms with van der Waals surface area (Å²) in [6, 6.07) is 0. The van der Waals surface area contributed by atoms with Crippen LogP contribution in [0, 0.1) is 0 Å². The van der Waals surface area contributed by atoms with Crippen molar-refractivity contribution in [1.82, 2.24) is 0 Å². The highest BCUT2D eigenvalue weighted by Crippen LogP contribution is 2.37. The fraction of sp³-hybridized carbons (Fsp3) is 0.800. The average molecular weight is 426 g/mol. The van der Waals surface area contributed by atoms with Crippen LogP contribution in [0.2, 0.25) is 0 Å². The molecule has 166 valence electrons. The molecule has 9 atom stereocenters. The summed E-state index contributed by atoms with van der Waals surface area (Å²) in [6.45, 7) is 0. The van der Waals surface area contributed by atoms with Gasteiger partial charge in [0.05, 0.1) is 21.3 Å². The fourth-order valence-corrected chi connectivity index (χ4v) is 2.91. The van der Waals surface area contributed by atoms with E-state index in [9.17, 15) is 39.9 Å². The SMILES string of the molecule is COC(=O)[C@H]1O[C@](O[C@@H]2O[C@H](C(=O)OC)[C@@H](O)[C@H](O)[C@H]2O)(C(=O)OC)[C@@H](O)[C@@H]1O. The molecule has 29 heavy (non-hydrogen) atoms. The number of hydrogen-bond acceptors (Lipinski definition) is 14. The molecular formula is C15H22O14. The predicted octanol–water partition coefficient (Wildman–Crippen LogP) is -4.85. The van der Waals surface area contributed by atoms with Crippen molar-refractivity contribution < 1.29 is 68.3 Å². The molecule has 2 saturated heterocycles. The molecule has 0 aromatic heterocycles. The third kappa shape index (κ3) is 3.93. The Kier molecular flexibility index (Phi) is 7.13. The minimum absolute atomic E-state index is 0.870. The smallest absolute Gasteiger partial charge is 0.369 e. The number of carbonyl (C=O) groups excluding carboxylic acids is 3. The number of rotatable bonds is 5. The lowest BCUT2D eigenvalue weighted by atomic mass is 9.98. The summed E-state index contributed by atoms with van der Waals surface area (Å²) < 4.78 is 28.7. The zero-order valence-corrected chi connectivity index (χ0v) is 15.5. The second-order valence-corrected chi connectivity index (χ2v) is 6.19. The van der Waals surface area contributed by atoms with Gasteiger partial charge in [0.25, 0.3) is 0 Å². The van der Waals surface area contributed by atoms with Crippen LogP contribution in [0.1, 0.15) is 0 Å². The zero-order valence-electron chi connectivity index (χ0n) is 15.5. The second kappa shape index (κ2) is 8.85. The average Bonchev–Trinajstić information content (AvgIpc) is 2.98. The molecule has 2 fully saturated rings. The van der Waals surface area contributed by atoms with Crippen molar-refractivity contribution in [1.29, 1.82) is 0 Å². The molecule has 0 aromatic rings. The van der Waals surface area contributed by atoms with E-state index in [0.717, 1.165) is 21.3 Å². The Morgan fingerprint density at radius 1 is 0.759 bits per heavy atom. The molecule has 2 aliphatic heterocycles. The molecule has 2 rings (SSSR count). The Hall–Kier alpha value is -1.91. The number of aliphatic hydroxyl groups excluding tert-OH is 5. The Morgan fingerprint density at radius 3 is 1.83 bits per heavy atom. The van der Waals surface area contributed by atoms with Gasteiger partial charge in [0.1, 0.15) is 30.5 Å². The number of methoxy groups -OCH3 is 3. The van der Waals surface area contributed by atoms with Crippen LogP contribution < -0.4 is 0 Å². The van der Waals surface area contributed by atoms with Crippen molar-refractivity contribution in [2.75, 3.05) is 21.3 Å². The molecule has 14 nitrogen and oxygen atoms in total. The number of hydrogen-bond donors (Lipinski definition) is 5. The van der Waals surface area contributed by atoms with Gasteiger partial charge in [-0.2, -0.15) is 0 Å². The Morgan fingerprint density at radius 2 is 1.31 bits per heavy atom. The van der Waals surface area contributed by atoms with Gasteiger partial charge in [-0.3, -0.25) is 0 Å². The molecule has 0 amide bonds. The van der Waals surface area contributed by atoms with Crippen molar-refractivity contribution >= 4 is 17.9 Å². The van der Waals surface area contributed by atoms with Gasteiger partial charge in [0, 0.05) is 0 Å². The maximum Gasteiger partial charge on any atom is 0.369 e. The maximum atomic E-state index is 12.3. The van der Waals surface area contributed by atoms with E-state index in [0.29, 0.717) is 0 Å². The van der Waals surface area contributed by atoms with Gasteiger partial charge in [-0.1, -0.05) is 0 Å². The molecule has 0 aliphatic carbocycles. The molecule has 0 unspecified atom stereocenters. The summed E-state index contributed by atoms with van der Waals surface area (Å²) in [5.41, 5.74) is 0. The first-order chi connectivity index (χ1) is 13.5. The molecule has 0 spiro atoms. The fourth-order valence-electron chi connectivity index (χ4n) is 2.91. The standard InChI is InChI=1S/C15H22O14/c1-24-11(21)8-5(17)4(16)6(18)13(27-8)29-15(14(23)26-3)10(20)7(19)9(28-15)12(22)25-2/h4-10,13,16-20H,1-3H3/t4-,5-,6+,7+,8-,9-,10-,13-,15+/m0/s1. The van der Waals surface area contributed by atoms with Gasteiger partial charge in [0.15, 0.2) is 18.5 Å². The normalized spacial score (nSPS) is 42.2. The predicted molar refractivity (Wildman–Crippen MR) is 83.4 cm³/mol. The minimum Gasteiger partial charge on any atom is -0.467 e. The van der Waals surface area contributed by atoms with E-state index >= 15 is 0 Å². The van der Waals surface area contributed by atoms with Crippen LogP contribution in [-0.2, 0) is 42.8 Å². The van der Waals surface area contributed by atoms with Crippen molar-refractivity contribution in [3.05, 3.63) is 0 Å². The van der Waals surface area contributed by atoms with Crippen LogP contribution in [-0.4, -0.2) is 120 Å². The minimum atomic E-state index is -2.92. The van der Waals surface area contributed by atoms with Gasteiger partial charge in [0.2, 0.25) is 0 Å². The third-order valence-corrected chi connectivity index (χ3v) is 4.52. The van der Waals surface area contributed by atoms with Crippen LogP contribution in [0.15, 0.2) is 0 Å². The Labute approximate surface area is 163 Å². The monoisotopic (exact) mass is 426 g/mol. The molecule has 0 saturated carbocycles. The molecule has 2 aliphatic rings. The molecular weight excluding hydrogens is 404 g/mol. The first kappa shape index (κ1) is 23.4. The lowest BCUT2D eigenvalue weighted by Gasteiger charge is -2.42. The molecule has 5 N–H and O–H groups in total. The van der Waals surface area contributed by atoms with Crippen molar-refractivity contribution in [3.63, 3.8) is 0 Å². The van der Waals surface area contributed by atoms with Crippen LogP contribution in [0.3, 0.4) is 0 Å².